The van der Waals surface area contributed by atoms with Gasteiger partial charge in [0.2, 0.25) is 6.41 Å². The summed E-state index contributed by atoms with van der Waals surface area (Å²) < 4.78 is 1.23. The van der Waals surface area contributed by atoms with Crippen LogP contribution in [0.15, 0.2) is 30.4 Å². The Bertz CT molecular complexity index is 879. The predicted molar refractivity (Wildman–Crippen MR) is 163 cm³/mol. The summed E-state index contributed by atoms with van der Waals surface area (Å²) in [6.07, 6.45) is 8.12. The topological polar surface area (TPSA) is 152 Å². The lowest BCUT2D eigenvalue weighted by atomic mass is 9.94. The highest BCUT2D eigenvalue weighted by Crippen LogP contribution is 2.24. The van der Waals surface area contributed by atoms with Crippen molar-refractivity contribution in [3.63, 3.8) is 0 Å². The van der Waals surface area contributed by atoms with E-state index in [9.17, 15) is 4.79 Å². The van der Waals surface area contributed by atoms with Crippen LogP contribution >= 0.6 is 11.3 Å². The largest absolute Gasteiger partial charge is 0.372 e. The Morgan fingerprint density at radius 1 is 1.18 bits per heavy atom. The molecule has 1 aromatic carbocycles. The summed E-state index contributed by atoms with van der Waals surface area (Å²) in [6, 6.07) is 8.84. The lowest BCUT2D eigenvalue weighted by Gasteiger charge is -2.21. The molecule has 8 nitrogen and oxygen atoms in total. The molecule has 1 aromatic heterocycles. The summed E-state index contributed by atoms with van der Waals surface area (Å²) in [4.78, 5) is 31.3. The number of rotatable bonds is 10. The van der Waals surface area contributed by atoms with Gasteiger partial charge in [-0.05, 0) is 50.6 Å². The van der Waals surface area contributed by atoms with Crippen molar-refractivity contribution < 1.29 is 14.4 Å². The van der Waals surface area contributed by atoms with Gasteiger partial charge in [0, 0.05) is 24.5 Å². The minimum atomic E-state index is 0.250. The second kappa shape index (κ2) is 32.1. The van der Waals surface area contributed by atoms with E-state index in [2.05, 4.69) is 87.2 Å². The van der Waals surface area contributed by atoms with Crippen molar-refractivity contribution >= 4 is 41.0 Å². The number of primary amides is 1. The monoisotopic (exact) mass is 549 g/mol. The van der Waals surface area contributed by atoms with Crippen LogP contribution in [0.1, 0.15) is 77.3 Å². The van der Waals surface area contributed by atoms with Crippen LogP contribution in [0, 0.1) is 17.2 Å². The van der Waals surface area contributed by atoms with E-state index in [1.807, 2.05) is 13.8 Å². The number of benzene rings is 1. The number of nitrogens with one attached hydrogen (secondary N) is 1. The minimum Gasteiger partial charge on any atom is -0.372 e. The highest BCUT2D eigenvalue weighted by atomic mass is 32.1. The molecule has 38 heavy (non-hydrogen) atoms. The lowest BCUT2D eigenvalue weighted by molar-refractivity contribution is -0.108. The van der Waals surface area contributed by atoms with Crippen LogP contribution in [-0.2, 0) is 27.2 Å². The number of thiazole rings is 1. The molecule has 0 spiro atoms. The smallest absolute Gasteiger partial charge is 0.204 e. The third kappa shape index (κ3) is 22.3. The van der Waals surface area contributed by atoms with E-state index in [-0.39, 0.29) is 6.41 Å². The van der Waals surface area contributed by atoms with E-state index in [0.717, 1.165) is 42.5 Å². The number of amides is 1. The maximum Gasteiger partial charge on any atom is 0.204 e. The molecule has 2 atom stereocenters. The number of carbonyl (C=O) groups excluding carboxylic acids is 3. The first kappa shape index (κ1) is 42.2. The summed E-state index contributed by atoms with van der Waals surface area (Å²) in [5.41, 5.74) is 11.7. The third-order valence-corrected chi connectivity index (χ3v) is 6.29. The second-order valence-corrected chi connectivity index (χ2v) is 8.92. The Morgan fingerprint density at radius 2 is 1.74 bits per heavy atom. The van der Waals surface area contributed by atoms with Gasteiger partial charge in [-0.25, -0.2) is 4.98 Å². The normalized spacial score (nSPS) is 10.3. The van der Waals surface area contributed by atoms with E-state index in [1.54, 1.807) is 11.3 Å². The summed E-state index contributed by atoms with van der Waals surface area (Å²) >= 11 is 1.70. The summed E-state index contributed by atoms with van der Waals surface area (Å²) in [7, 11) is 3.43. The number of hydrogen-bond donors (Lipinski definition) is 3. The zero-order valence-corrected chi connectivity index (χ0v) is 25.4. The van der Waals surface area contributed by atoms with Crippen molar-refractivity contribution in [2.45, 2.75) is 85.6 Å². The average Bonchev–Trinajstić information content (AvgIpc) is 3.39. The zero-order chi connectivity index (χ0) is 30.4. The lowest BCUT2D eigenvalue weighted by Crippen LogP contribution is -2.31. The molecule has 0 fully saturated rings. The SMILES string of the molecule is C=C(C#N)CC(NC)C(C)CC.C=O.CCCC.CCc1ccc2nc(CCC=O)sc2c1.CN.NC=O. The number of nitrogens with zero attached hydrogens (tertiary/aromatic N) is 2. The molecule has 0 radical (unpaired) electrons. The van der Waals surface area contributed by atoms with E-state index in [1.165, 1.54) is 30.2 Å². The van der Waals surface area contributed by atoms with Crippen molar-refractivity contribution in [2.75, 3.05) is 14.1 Å². The number of aryl methyl sites for hydroxylation is 2. The Balaban J connectivity index is -0.000000224. The van der Waals surface area contributed by atoms with Crippen molar-refractivity contribution in [3.8, 4) is 6.07 Å². The van der Waals surface area contributed by atoms with Gasteiger partial charge in [-0.3, -0.25) is 4.79 Å². The molecule has 0 bridgehead atoms. The molecule has 5 N–H and O–H groups in total. The first-order valence-electron chi connectivity index (χ1n) is 12.9. The Labute approximate surface area is 234 Å². The zero-order valence-electron chi connectivity index (χ0n) is 24.6. The number of nitriles is 1. The first-order chi connectivity index (χ1) is 18.3. The molecule has 2 rings (SSSR count). The summed E-state index contributed by atoms with van der Waals surface area (Å²) in [6.45, 7) is 16.5. The molecule has 9 heteroatoms. The number of fused-ring (bicyclic) bond motifs is 1. The van der Waals surface area contributed by atoms with Gasteiger partial charge in [-0.2, -0.15) is 5.26 Å². The van der Waals surface area contributed by atoms with E-state index in [0.29, 0.717) is 24.0 Å². The van der Waals surface area contributed by atoms with Gasteiger partial charge in [0.05, 0.1) is 21.3 Å². The minimum absolute atomic E-state index is 0.250. The Kier molecular flexibility index (Phi) is 35.6. The number of unbranched alkanes of at least 4 members (excludes halogenated alkanes) is 1. The van der Waals surface area contributed by atoms with Gasteiger partial charge in [0.15, 0.2) is 0 Å². The summed E-state index contributed by atoms with van der Waals surface area (Å²) in [5.74, 6) is 0.597. The summed E-state index contributed by atoms with van der Waals surface area (Å²) in [5, 5.41) is 12.8. The highest BCUT2D eigenvalue weighted by Gasteiger charge is 2.14. The van der Waals surface area contributed by atoms with Crippen LogP contribution < -0.4 is 16.8 Å². The highest BCUT2D eigenvalue weighted by molar-refractivity contribution is 7.18. The van der Waals surface area contributed by atoms with E-state index < -0.39 is 0 Å². The van der Waals surface area contributed by atoms with Gasteiger partial charge in [0.1, 0.15) is 13.1 Å². The van der Waals surface area contributed by atoms with Crippen molar-refractivity contribution in [3.05, 3.63) is 40.9 Å². The van der Waals surface area contributed by atoms with Gasteiger partial charge in [-0.15, -0.1) is 11.3 Å². The van der Waals surface area contributed by atoms with Crippen LogP contribution in [-0.4, -0.2) is 44.6 Å². The van der Waals surface area contributed by atoms with Crippen LogP contribution in [0.2, 0.25) is 0 Å². The fourth-order valence-corrected chi connectivity index (χ4v) is 3.76. The maximum atomic E-state index is 10.3. The average molecular weight is 550 g/mol. The molecule has 216 valence electrons. The van der Waals surface area contributed by atoms with E-state index in [4.69, 9.17) is 14.9 Å². The van der Waals surface area contributed by atoms with Crippen molar-refractivity contribution in [1.82, 2.24) is 10.3 Å². The molecular formula is C29H51N5O3S. The predicted octanol–water partition coefficient (Wildman–Crippen LogP) is 5.38. The van der Waals surface area contributed by atoms with Gasteiger partial charge >= 0.3 is 0 Å². The molecule has 0 saturated heterocycles. The van der Waals surface area contributed by atoms with Crippen LogP contribution in [0.3, 0.4) is 0 Å². The fourth-order valence-electron chi connectivity index (χ4n) is 2.71. The molecule has 0 aliphatic heterocycles. The van der Waals surface area contributed by atoms with Gasteiger partial charge in [-0.1, -0.05) is 66.5 Å². The van der Waals surface area contributed by atoms with Gasteiger partial charge in [0.25, 0.3) is 0 Å². The van der Waals surface area contributed by atoms with Crippen LogP contribution in [0.25, 0.3) is 10.2 Å². The molecule has 0 aliphatic rings. The van der Waals surface area contributed by atoms with Crippen molar-refractivity contribution in [1.29, 1.82) is 5.26 Å². The fraction of sp³-hybridized carbons (Fsp3) is 0.552. The van der Waals surface area contributed by atoms with E-state index >= 15 is 0 Å². The van der Waals surface area contributed by atoms with Crippen molar-refractivity contribution in [2.24, 2.45) is 17.4 Å². The second-order valence-electron chi connectivity index (χ2n) is 7.80. The first-order valence-corrected chi connectivity index (χ1v) is 13.7. The maximum absolute atomic E-state index is 10.3. The van der Waals surface area contributed by atoms with Crippen LogP contribution in [0.4, 0.5) is 0 Å². The molecule has 1 amide bonds. The molecular weight excluding hydrogens is 498 g/mol. The molecule has 1 heterocycles. The number of nitrogens with two attached hydrogens (primary N) is 2. The Hall–Kier alpha value is -2.93. The molecule has 2 unspecified atom stereocenters. The molecule has 0 aliphatic carbocycles. The van der Waals surface area contributed by atoms with Crippen LogP contribution in [0.5, 0.6) is 0 Å². The van der Waals surface area contributed by atoms with Gasteiger partial charge < -0.3 is 26.4 Å². The molecule has 0 saturated carbocycles. The third-order valence-electron chi connectivity index (χ3n) is 5.21. The standard InChI is InChI=1S/C12H13NOS.C10H18N2.C4H10.CH3NO.CH5N.CH2O/c1-2-9-5-6-10-11(8-9)15-12(13-10)4-3-7-14;1-5-9(3)10(12-4)6-8(2)7-11;1-3-4-2;2-1-3;2*1-2/h5-8H,2-4H2,1H3;9-10,12H,2,5-6H2,1,3-4H3;3-4H2,1-2H3;1H,(H2,2,3);2H2,1H3;1H2. The Morgan fingerprint density at radius 3 is 2.13 bits per heavy atom. The number of aromatic nitrogens is 1. The molecule has 2 aromatic rings. The number of aldehydes is 1. The number of hydrogen-bond acceptors (Lipinski definition) is 8. The quantitative estimate of drug-likeness (QED) is 0.266. The number of carbonyl (C=O) groups is 3.